The minimum atomic E-state index is -0.240. The van der Waals surface area contributed by atoms with Gasteiger partial charge in [0.2, 0.25) is 11.8 Å². The molecular formula is C28H40FN3O2. The highest BCUT2D eigenvalue weighted by Gasteiger charge is 2.28. The summed E-state index contributed by atoms with van der Waals surface area (Å²) < 4.78 is 15.4. The molecule has 2 amide bonds. The van der Waals surface area contributed by atoms with Gasteiger partial charge in [0.1, 0.15) is 5.82 Å². The standard InChI is InChI=1S/C28H40FN3O2/c1-3-5-7-14-27(33)30(4-2)22-28(34)32(25-11-8-6-9-12-25)21-26-13-10-19-31(26)20-23-15-17-24(29)18-16-23/h10,13,15-19,25H,3-9,11-12,14,20-22H2,1-2H3. The lowest BCUT2D eigenvalue weighted by Gasteiger charge is -2.36. The monoisotopic (exact) mass is 469 g/mol. The molecule has 1 fully saturated rings. The molecule has 0 unspecified atom stereocenters. The number of hydrogen-bond donors (Lipinski definition) is 0. The zero-order valence-corrected chi connectivity index (χ0v) is 20.8. The zero-order chi connectivity index (χ0) is 24.3. The Balaban J connectivity index is 1.72. The molecule has 1 aromatic heterocycles. The van der Waals surface area contributed by atoms with Crippen molar-refractivity contribution in [1.29, 1.82) is 0 Å². The average molecular weight is 470 g/mol. The lowest BCUT2D eigenvalue weighted by atomic mass is 9.94. The molecule has 0 aliphatic heterocycles. The van der Waals surface area contributed by atoms with Crippen molar-refractivity contribution in [3.63, 3.8) is 0 Å². The highest BCUT2D eigenvalue weighted by Crippen LogP contribution is 2.25. The molecule has 186 valence electrons. The molecule has 34 heavy (non-hydrogen) atoms. The fourth-order valence-electron chi connectivity index (χ4n) is 4.84. The van der Waals surface area contributed by atoms with Gasteiger partial charge in [-0.25, -0.2) is 4.39 Å². The summed E-state index contributed by atoms with van der Waals surface area (Å²) in [7, 11) is 0. The van der Waals surface area contributed by atoms with E-state index in [4.69, 9.17) is 0 Å². The van der Waals surface area contributed by atoms with E-state index in [0.29, 0.717) is 26.1 Å². The maximum atomic E-state index is 13.6. The van der Waals surface area contributed by atoms with Gasteiger partial charge in [0.15, 0.2) is 0 Å². The van der Waals surface area contributed by atoms with Gasteiger partial charge in [-0.15, -0.1) is 0 Å². The molecule has 0 atom stereocenters. The lowest BCUT2D eigenvalue weighted by molar-refractivity contribution is -0.142. The van der Waals surface area contributed by atoms with Crippen LogP contribution in [-0.4, -0.2) is 45.3 Å². The number of carbonyl (C=O) groups excluding carboxylic acids is 2. The van der Waals surface area contributed by atoms with E-state index in [9.17, 15) is 14.0 Å². The Bertz CT molecular complexity index is 903. The van der Waals surface area contributed by atoms with Gasteiger partial charge in [0, 0.05) is 37.4 Å². The van der Waals surface area contributed by atoms with Crippen LogP contribution in [0.1, 0.15) is 82.9 Å². The maximum absolute atomic E-state index is 13.6. The predicted molar refractivity (Wildman–Crippen MR) is 134 cm³/mol. The summed E-state index contributed by atoms with van der Waals surface area (Å²) in [5.41, 5.74) is 2.07. The molecule has 1 aliphatic rings. The van der Waals surface area contributed by atoms with Crippen LogP contribution in [0.25, 0.3) is 0 Å². The number of nitrogens with zero attached hydrogens (tertiary/aromatic N) is 3. The van der Waals surface area contributed by atoms with E-state index in [0.717, 1.165) is 56.2 Å². The second-order valence-corrected chi connectivity index (χ2v) is 9.43. The molecule has 0 bridgehead atoms. The molecule has 0 N–H and O–H groups in total. The Hall–Kier alpha value is -2.63. The summed E-state index contributed by atoms with van der Waals surface area (Å²) >= 11 is 0. The SMILES string of the molecule is CCCCCC(=O)N(CC)CC(=O)N(Cc1cccn1Cc1ccc(F)cc1)C1CCCCC1. The van der Waals surface area contributed by atoms with Gasteiger partial charge in [-0.05, 0) is 56.0 Å². The molecule has 1 heterocycles. The van der Waals surface area contributed by atoms with Crippen molar-refractivity contribution >= 4 is 11.8 Å². The Morgan fingerprint density at radius 2 is 1.74 bits per heavy atom. The molecular weight excluding hydrogens is 429 g/mol. The van der Waals surface area contributed by atoms with E-state index in [1.807, 2.05) is 24.1 Å². The molecule has 0 spiro atoms. The molecule has 3 rings (SSSR count). The largest absolute Gasteiger partial charge is 0.345 e. The van der Waals surface area contributed by atoms with Gasteiger partial charge in [-0.3, -0.25) is 9.59 Å². The number of amides is 2. The maximum Gasteiger partial charge on any atom is 0.242 e. The first-order valence-corrected chi connectivity index (χ1v) is 13.0. The number of rotatable bonds is 12. The number of halogens is 1. The van der Waals surface area contributed by atoms with Crippen LogP contribution in [0, 0.1) is 5.82 Å². The number of carbonyl (C=O) groups is 2. The van der Waals surface area contributed by atoms with Crippen molar-refractivity contribution in [3.05, 3.63) is 59.7 Å². The van der Waals surface area contributed by atoms with Gasteiger partial charge in [0.05, 0.1) is 13.1 Å². The van der Waals surface area contributed by atoms with Gasteiger partial charge in [0.25, 0.3) is 0 Å². The minimum absolute atomic E-state index is 0.0344. The topological polar surface area (TPSA) is 45.6 Å². The number of unbranched alkanes of at least 4 members (excludes halogenated alkanes) is 2. The third-order valence-corrected chi connectivity index (χ3v) is 6.91. The van der Waals surface area contributed by atoms with Crippen molar-refractivity contribution in [2.45, 2.75) is 90.8 Å². The van der Waals surface area contributed by atoms with Crippen molar-refractivity contribution in [2.24, 2.45) is 0 Å². The van der Waals surface area contributed by atoms with Crippen LogP contribution in [0.3, 0.4) is 0 Å². The molecule has 1 aromatic carbocycles. The van der Waals surface area contributed by atoms with Crippen LogP contribution >= 0.6 is 0 Å². The zero-order valence-electron chi connectivity index (χ0n) is 20.8. The summed E-state index contributed by atoms with van der Waals surface area (Å²) in [6.07, 6.45) is 11.0. The van der Waals surface area contributed by atoms with Gasteiger partial charge >= 0.3 is 0 Å². The molecule has 6 heteroatoms. The Kier molecular flexibility index (Phi) is 10.2. The van der Waals surface area contributed by atoms with Gasteiger partial charge < -0.3 is 14.4 Å². The Morgan fingerprint density at radius 3 is 2.41 bits per heavy atom. The highest BCUT2D eigenvalue weighted by atomic mass is 19.1. The lowest BCUT2D eigenvalue weighted by Crippen LogP contribution is -2.47. The van der Waals surface area contributed by atoms with Crippen molar-refractivity contribution in [3.8, 4) is 0 Å². The van der Waals surface area contributed by atoms with Crippen LogP contribution in [0.4, 0.5) is 4.39 Å². The third-order valence-electron chi connectivity index (χ3n) is 6.91. The summed E-state index contributed by atoms with van der Waals surface area (Å²) in [4.78, 5) is 30.0. The quantitative estimate of drug-likeness (QED) is 0.371. The summed E-state index contributed by atoms with van der Waals surface area (Å²) in [6, 6.07) is 10.8. The second kappa shape index (κ2) is 13.3. The minimum Gasteiger partial charge on any atom is -0.345 e. The number of aromatic nitrogens is 1. The van der Waals surface area contributed by atoms with E-state index in [1.165, 1.54) is 18.6 Å². The number of hydrogen-bond acceptors (Lipinski definition) is 2. The van der Waals surface area contributed by atoms with Crippen LogP contribution < -0.4 is 0 Å². The van der Waals surface area contributed by atoms with Crippen LogP contribution in [0.2, 0.25) is 0 Å². The predicted octanol–water partition coefficient (Wildman–Crippen LogP) is 5.77. The van der Waals surface area contributed by atoms with E-state index < -0.39 is 0 Å². The number of benzene rings is 1. The van der Waals surface area contributed by atoms with E-state index in [1.54, 1.807) is 17.0 Å². The number of likely N-dealkylation sites (N-methyl/N-ethyl adjacent to an activating group) is 1. The van der Waals surface area contributed by atoms with E-state index >= 15 is 0 Å². The molecule has 0 radical (unpaired) electrons. The first kappa shape index (κ1) is 26.0. The Morgan fingerprint density at radius 1 is 1.00 bits per heavy atom. The Labute approximate surface area is 203 Å². The normalized spacial score (nSPS) is 14.2. The third kappa shape index (κ3) is 7.44. The van der Waals surface area contributed by atoms with Gasteiger partial charge in [-0.2, -0.15) is 0 Å². The fraction of sp³-hybridized carbons (Fsp3) is 0.571. The molecule has 2 aromatic rings. The molecule has 5 nitrogen and oxygen atoms in total. The first-order valence-electron chi connectivity index (χ1n) is 13.0. The fourth-order valence-corrected chi connectivity index (χ4v) is 4.84. The first-order chi connectivity index (χ1) is 16.5. The molecule has 0 saturated heterocycles. The summed E-state index contributed by atoms with van der Waals surface area (Å²) in [6.45, 7) is 5.93. The average Bonchev–Trinajstić information content (AvgIpc) is 3.29. The smallest absolute Gasteiger partial charge is 0.242 e. The van der Waals surface area contributed by atoms with Gasteiger partial charge in [-0.1, -0.05) is 51.2 Å². The van der Waals surface area contributed by atoms with Crippen molar-refractivity contribution < 1.29 is 14.0 Å². The second-order valence-electron chi connectivity index (χ2n) is 9.43. The molecule has 1 saturated carbocycles. The van der Waals surface area contributed by atoms with Crippen LogP contribution in [-0.2, 0) is 22.7 Å². The summed E-state index contributed by atoms with van der Waals surface area (Å²) in [5, 5.41) is 0. The van der Waals surface area contributed by atoms with E-state index in [2.05, 4.69) is 17.6 Å². The summed E-state index contributed by atoms with van der Waals surface area (Å²) in [5.74, 6) is -0.130. The van der Waals surface area contributed by atoms with E-state index in [-0.39, 0.29) is 30.2 Å². The van der Waals surface area contributed by atoms with Crippen molar-refractivity contribution in [1.82, 2.24) is 14.4 Å². The van der Waals surface area contributed by atoms with Crippen LogP contribution in [0.5, 0.6) is 0 Å². The van der Waals surface area contributed by atoms with Crippen molar-refractivity contribution in [2.75, 3.05) is 13.1 Å². The molecule has 1 aliphatic carbocycles. The van der Waals surface area contributed by atoms with Crippen LogP contribution in [0.15, 0.2) is 42.6 Å². The highest BCUT2D eigenvalue weighted by molar-refractivity contribution is 5.85.